The molecule has 0 spiro atoms. The third-order valence-corrected chi connectivity index (χ3v) is 7.06. The summed E-state index contributed by atoms with van der Waals surface area (Å²) in [5.74, 6) is -2.86. The molecule has 0 aromatic heterocycles. The lowest BCUT2D eigenvalue weighted by Gasteiger charge is -2.34. The number of rotatable bonds is 9. The Balaban J connectivity index is 1.87. The van der Waals surface area contributed by atoms with Crippen molar-refractivity contribution < 1.29 is 45.0 Å². The zero-order valence-corrected chi connectivity index (χ0v) is 17.7. The molecule has 0 aromatic rings. The van der Waals surface area contributed by atoms with Gasteiger partial charge in [0.25, 0.3) is 20.2 Å². The van der Waals surface area contributed by atoms with Crippen LogP contribution in [0.25, 0.3) is 0 Å². The van der Waals surface area contributed by atoms with Gasteiger partial charge in [0.1, 0.15) is 24.7 Å². The monoisotopic (exact) mass is 456 g/mol. The SMILES string of the molecule is O=C(OCCS(=O)(=O)O)C1CCCC(C2CCCC2C(=O)OCCS(=O)(=O)O)C1. The minimum Gasteiger partial charge on any atom is -0.464 e. The number of carbonyl (C=O) groups is 2. The summed E-state index contributed by atoms with van der Waals surface area (Å²) in [6, 6.07) is 0. The first-order valence-electron chi connectivity index (χ1n) is 9.70. The molecule has 0 bridgehead atoms. The average molecular weight is 457 g/mol. The predicted octanol–water partition coefficient (Wildman–Crippen LogP) is 1.07. The molecule has 2 rings (SSSR count). The van der Waals surface area contributed by atoms with Gasteiger partial charge in [0, 0.05) is 0 Å². The van der Waals surface area contributed by atoms with E-state index in [4.69, 9.17) is 18.6 Å². The number of carbonyl (C=O) groups excluding carboxylic acids is 2. The molecule has 0 amide bonds. The Bertz CT molecular complexity index is 789. The van der Waals surface area contributed by atoms with Crippen LogP contribution < -0.4 is 0 Å². The predicted molar refractivity (Wildman–Crippen MR) is 101 cm³/mol. The molecule has 2 aliphatic rings. The van der Waals surface area contributed by atoms with E-state index in [1.807, 2.05) is 0 Å². The minimum absolute atomic E-state index is 0.0293. The second-order valence-corrected chi connectivity index (χ2v) is 10.9. The molecule has 4 atom stereocenters. The smallest absolute Gasteiger partial charge is 0.309 e. The normalized spacial score (nSPS) is 28.1. The van der Waals surface area contributed by atoms with Crippen LogP contribution in [0.15, 0.2) is 0 Å². The molecular formula is C17H28O10S2. The van der Waals surface area contributed by atoms with Gasteiger partial charge in [-0.05, 0) is 37.5 Å². The van der Waals surface area contributed by atoms with Crippen LogP contribution in [0.2, 0.25) is 0 Å². The van der Waals surface area contributed by atoms with Gasteiger partial charge < -0.3 is 9.47 Å². The maximum atomic E-state index is 12.4. The first-order valence-corrected chi connectivity index (χ1v) is 12.9. The van der Waals surface area contributed by atoms with Gasteiger partial charge in [0.2, 0.25) is 0 Å². The van der Waals surface area contributed by atoms with Crippen LogP contribution in [0.3, 0.4) is 0 Å². The first-order chi connectivity index (χ1) is 13.5. The topological polar surface area (TPSA) is 161 Å². The molecule has 168 valence electrons. The highest BCUT2D eigenvalue weighted by Crippen LogP contribution is 2.45. The lowest BCUT2D eigenvalue weighted by molar-refractivity contribution is -0.151. The van der Waals surface area contributed by atoms with Gasteiger partial charge in [0.15, 0.2) is 0 Å². The van der Waals surface area contributed by atoms with Crippen molar-refractivity contribution in [2.75, 3.05) is 24.7 Å². The van der Waals surface area contributed by atoms with E-state index in [1.165, 1.54) is 0 Å². The van der Waals surface area contributed by atoms with Crippen LogP contribution in [0.1, 0.15) is 44.9 Å². The molecule has 10 nitrogen and oxygen atoms in total. The molecule has 4 unspecified atom stereocenters. The van der Waals surface area contributed by atoms with E-state index in [9.17, 15) is 26.4 Å². The fraction of sp³-hybridized carbons (Fsp3) is 0.882. The number of ether oxygens (including phenoxy) is 2. The van der Waals surface area contributed by atoms with Gasteiger partial charge in [-0.15, -0.1) is 0 Å². The Morgan fingerprint density at radius 1 is 0.793 bits per heavy atom. The molecule has 2 aliphatic carbocycles. The van der Waals surface area contributed by atoms with Crippen molar-refractivity contribution in [3.05, 3.63) is 0 Å². The van der Waals surface area contributed by atoms with E-state index in [2.05, 4.69) is 0 Å². The summed E-state index contributed by atoms with van der Waals surface area (Å²) in [5.41, 5.74) is 0. The van der Waals surface area contributed by atoms with Crippen molar-refractivity contribution >= 4 is 32.2 Å². The molecule has 29 heavy (non-hydrogen) atoms. The second kappa shape index (κ2) is 10.2. The third kappa shape index (κ3) is 8.19. The van der Waals surface area contributed by atoms with Gasteiger partial charge >= 0.3 is 11.9 Å². The van der Waals surface area contributed by atoms with Crippen molar-refractivity contribution in [2.24, 2.45) is 23.7 Å². The highest BCUT2D eigenvalue weighted by atomic mass is 32.2. The lowest BCUT2D eigenvalue weighted by atomic mass is 9.72. The molecule has 2 fully saturated rings. The van der Waals surface area contributed by atoms with E-state index < -0.39 is 56.9 Å². The zero-order chi connectivity index (χ0) is 21.7. The fourth-order valence-electron chi connectivity index (χ4n) is 4.40. The van der Waals surface area contributed by atoms with Crippen LogP contribution in [0.5, 0.6) is 0 Å². The summed E-state index contributed by atoms with van der Waals surface area (Å²) >= 11 is 0. The minimum atomic E-state index is -4.19. The van der Waals surface area contributed by atoms with Crippen LogP contribution in [0, 0.1) is 23.7 Å². The van der Waals surface area contributed by atoms with E-state index in [-0.39, 0.29) is 23.7 Å². The van der Waals surface area contributed by atoms with Crippen LogP contribution in [-0.4, -0.2) is 62.6 Å². The molecule has 12 heteroatoms. The molecule has 0 aromatic carbocycles. The Morgan fingerprint density at radius 3 is 1.93 bits per heavy atom. The first kappa shape index (κ1) is 24.0. The van der Waals surface area contributed by atoms with Gasteiger partial charge in [-0.2, -0.15) is 16.8 Å². The number of esters is 2. The highest BCUT2D eigenvalue weighted by Gasteiger charge is 2.41. The van der Waals surface area contributed by atoms with Crippen molar-refractivity contribution in [1.82, 2.24) is 0 Å². The summed E-state index contributed by atoms with van der Waals surface area (Å²) in [5, 5.41) is 0. The zero-order valence-electron chi connectivity index (χ0n) is 16.1. The molecule has 0 radical (unpaired) electrons. The summed E-state index contributed by atoms with van der Waals surface area (Å²) in [7, 11) is -8.38. The van der Waals surface area contributed by atoms with Crippen molar-refractivity contribution in [2.45, 2.75) is 44.9 Å². The van der Waals surface area contributed by atoms with E-state index in [0.717, 1.165) is 25.7 Å². The molecule has 0 heterocycles. The Kier molecular flexibility index (Phi) is 8.44. The highest BCUT2D eigenvalue weighted by molar-refractivity contribution is 7.86. The van der Waals surface area contributed by atoms with Crippen molar-refractivity contribution in [3.63, 3.8) is 0 Å². The largest absolute Gasteiger partial charge is 0.464 e. The van der Waals surface area contributed by atoms with Crippen LogP contribution in [0.4, 0.5) is 0 Å². The van der Waals surface area contributed by atoms with Crippen molar-refractivity contribution in [1.29, 1.82) is 0 Å². The lowest BCUT2D eigenvalue weighted by Crippen LogP contribution is -2.33. The quantitative estimate of drug-likeness (QED) is 0.379. The van der Waals surface area contributed by atoms with Crippen molar-refractivity contribution in [3.8, 4) is 0 Å². The Labute approximate surface area is 170 Å². The maximum absolute atomic E-state index is 12.4. The van der Waals surface area contributed by atoms with Gasteiger partial charge in [-0.25, -0.2) is 0 Å². The van der Waals surface area contributed by atoms with E-state index >= 15 is 0 Å². The Hall–Kier alpha value is -1.24. The van der Waals surface area contributed by atoms with Gasteiger partial charge in [0.05, 0.1) is 11.8 Å². The number of hydrogen-bond donors (Lipinski definition) is 2. The number of hydrogen-bond acceptors (Lipinski definition) is 8. The molecular weight excluding hydrogens is 428 g/mol. The molecule has 0 saturated heterocycles. The molecule has 2 saturated carbocycles. The van der Waals surface area contributed by atoms with Crippen LogP contribution in [-0.2, 0) is 39.3 Å². The van der Waals surface area contributed by atoms with E-state index in [1.54, 1.807) is 0 Å². The standard InChI is InChI=1S/C17H28O10S2/c18-16(26-7-9-28(20,21)22)13-4-1-3-12(11-13)14-5-2-6-15(14)17(19)27-8-10-29(23,24)25/h12-15H,1-11H2,(H,20,21,22)(H,23,24,25). The van der Waals surface area contributed by atoms with Gasteiger partial charge in [-0.1, -0.05) is 19.3 Å². The third-order valence-electron chi connectivity index (χ3n) is 5.70. The second-order valence-electron chi connectivity index (χ2n) is 7.73. The van der Waals surface area contributed by atoms with Crippen LogP contribution >= 0.6 is 0 Å². The Morgan fingerprint density at radius 2 is 1.34 bits per heavy atom. The maximum Gasteiger partial charge on any atom is 0.309 e. The summed E-state index contributed by atoms with van der Waals surface area (Å²) < 4.78 is 70.4. The van der Waals surface area contributed by atoms with E-state index in [0.29, 0.717) is 19.3 Å². The average Bonchev–Trinajstić information content (AvgIpc) is 3.09. The summed E-state index contributed by atoms with van der Waals surface area (Å²) in [4.78, 5) is 24.6. The summed E-state index contributed by atoms with van der Waals surface area (Å²) in [6.45, 7) is -0.792. The molecule has 2 N–H and O–H groups in total. The molecule has 0 aliphatic heterocycles. The fourth-order valence-corrected chi connectivity index (χ4v) is 4.98. The van der Waals surface area contributed by atoms with Gasteiger partial charge in [-0.3, -0.25) is 18.7 Å². The summed E-state index contributed by atoms with van der Waals surface area (Å²) in [6.07, 6.45) is 5.07.